The monoisotopic (exact) mass is 202 g/mol. The molecule has 0 spiro atoms. The minimum atomic E-state index is -0.182. The summed E-state index contributed by atoms with van der Waals surface area (Å²) in [5.74, 6) is 0.0119. The van der Waals surface area contributed by atoms with Gasteiger partial charge in [-0.3, -0.25) is 4.79 Å². The fourth-order valence-corrected chi connectivity index (χ4v) is 1.01. The molecule has 0 aliphatic rings. The summed E-state index contributed by atoms with van der Waals surface area (Å²) in [5.41, 5.74) is -0.182. The summed E-state index contributed by atoms with van der Waals surface area (Å²) in [4.78, 5) is 11.2. The molecule has 0 saturated heterocycles. The molecule has 0 heterocycles. The minimum absolute atomic E-state index is 0.0119. The molecule has 1 amide bonds. The average Bonchev–Trinajstić information content (AvgIpc) is 2.11. The maximum Gasteiger partial charge on any atom is 0.233 e. The highest BCUT2D eigenvalue weighted by Crippen LogP contribution is 2.05. The highest BCUT2D eigenvalue weighted by molar-refractivity contribution is 5.78. The van der Waals surface area contributed by atoms with Gasteiger partial charge in [-0.25, -0.2) is 0 Å². The topological polar surface area (TPSA) is 61.4 Å². The summed E-state index contributed by atoms with van der Waals surface area (Å²) < 4.78 is 0. The zero-order chi connectivity index (χ0) is 11.0. The number of hydrogen-bond acceptors (Lipinski definition) is 3. The molecule has 0 aliphatic heterocycles. The molecule has 0 aromatic heterocycles. The van der Waals surface area contributed by atoms with Gasteiger partial charge < -0.3 is 15.7 Å². The molecule has 14 heavy (non-hydrogen) atoms. The molecular weight excluding hydrogens is 180 g/mol. The largest absolute Gasteiger partial charge is 0.396 e. The predicted molar refractivity (Wildman–Crippen MR) is 57.1 cm³/mol. The van der Waals surface area contributed by atoms with Crippen molar-refractivity contribution in [2.75, 3.05) is 19.7 Å². The first kappa shape index (κ1) is 13.4. The number of carbonyl (C=O) groups is 1. The summed E-state index contributed by atoms with van der Waals surface area (Å²) >= 11 is 0. The van der Waals surface area contributed by atoms with E-state index < -0.39 is 0 Å². The summed E-state index contributed by atoms with van der Waals surface area (Å²) in [6, 6.07) is 0. The molecule has 3 N–H and O–H groups in total. The predicted octanol–water partition coefficient (Wildman–Crippen LogP) is 0.263. The van der Waals surface area contributed by atoms with Crippen molar-refractivity contribution in [1.82, 2.24) is 10.6 Å². The zero-order valence-corrected chi connectivity index (χ0v) is 9.39. The van der Waals surface area contributed by atoms with E-state index in [1.54, 1.807) is 0 Å². The Morgan fingerprint density at radius 3 is 2.57 bits per heavy atom. The molecule has 0 fully saturated rings. The lowest BCUT2D eigenvalue weighted by molar-refractivity contribution is -0.120. The fourth-order valence-electron chi connectivity index (χ4n) is 1.01. The van der Waals surface area contributed by atoms with Crippen molar-refractivity contribution in [3.05, 3.63) is 0 Å². The molecule has 0 radical (unpaired) electrons. The van der Waals surface area contributed by atoms with Gasteiger partial charge in [-0.2, -0.15) is 0 Å². The molecule has 0 rings (SSSR count). The van der Waals surface area contributed by atoms with Gasteiger partial charge in [-0.15, -0.1) is 0 Å². The number of aliphatic hydroxyl groups is 1. The quantitative estimate of drug-likeness (QED) is 0.555. The molecule has 4 heteroatoms. The van der Waals surface area contributed by atoms with Crippen molar-refractivity contribution < 1.29 is 9.90 Å². The highest BCUT2D eigenvalue weighted by atomic mass is 16.3. The van der Waals surface area contributed by atoms with Gasteiger partial charge in [0.25, 0.3) is 0 Å². The fraction of sp³-hybridized carbons (Fsp3) is 0.900. The molecule has 0 aromatic rings. The molecular formula is C10H22N2O2. The van der Waals surface area contributed by atoms with E-state index in [0.717, 1.165) is 13.0 Å². The molecule has 0 aromatic carbocycles. The first-order chi connectivity index (χ1) is 6.52. The van der Waals surface area contributed by atoms with Crippen LogP contribution in [0.5, 0.6) is 0 Å². The van der Waals surface area contributed by atoms with Gasteiger partial charge in [-0.05, 0) is 26.7 Å². The molecule has 0 unspecified atom stereocenters. The third-order valence-corrected chi connectivity index (χ3v) is 2.04. The van der Waals surface area contributed by atoms with Gasteiger partial charge in [-0.1, -0.05) is 6.92 Å². The van der Waals surface area contributed by atoms with Gasteiger partial charge >= 0.3 is 0 Å². The van der Waals surface area contributed by atoms with E-state index in [2.05, 4.69) is 10.6 Å². The third-order valence-electron chi connectivity index (χ3n) is 2.04. The second-order valence-electron chi connectivity index (χ2n) is 4.06. The lowest BCUT2D eigenvalue weighted by Crippen LogP contribution is -2.45. The SMILES string of the molecule is CCCNC(=O)CNC(C)(C)CCO. The Kier molecular flexibility index (Phi) is 6.49. The molecule has 84 valence electrons. The van der Waals surface area contributed by atoms with Crippen LogP contribution in [0.1, 0.15) is 33.6 Å². The van der Waals surface area contributed by atoms with E-state index in [1.165, 1.54) is 0 Å². The van der Waals surface area contributed by atoms with E-state index in [1.807, 2.05) is 20.8 Å². The van der Waals surface area contributed by atoms with Gasteiger partial charge in [0, 0.05) is 18.7 Å². The van der Waals surface area contributed by atoms with Crippen LogP contribution >= 0.6 is 0 Å². The third kappa shape index (κ3) is 6.86. The van der Waals surface area contributed by atoms with Gasteiger partial charge in [0.2, 0.25) is 5.91 Å². The van der Waals surface area contributed by atoms with Crippen LogP contribution in [-0.4, -0.2) is 36.2 Å². The summed E-state index contributed by atoms with van der Waals surface area (Å²) in [6.45, 7) is 7.13. The second-order valence-corrected chi connectivity index (χ2v) is 4.06. The maximum absolute atomic E-state index is 11.2. The van der Waals surface area contributed by atoms with Crippen LogP contribution in [0.3, 0.4) is 0 Å². The lowest BCUT2D eigenvalue weighted by atomic mass is 10.0. The van der Waals surface area contributed by atoms with Gasteiger partial charge in [0.05, 0.1) is 6.54 Å². The van der Waals surface area contributed by atoms with E-state index >= 15 is 0 Å². The zero-order valence-electron chi connectivity index (χ0n) is 9.39. The van der Waals surface area contributed by atoms with E-state index in [0.29, 0.717) is 13.0 Å². The Bertz CT molecular complexity index is 170. The number of hydrogen-bond donors (Lipinski definition) is 3. The number of carbonyl (C=O) groups excluding carboxylic acids is 1. The normalized spacial score (nSPS) is 11.4. The van der Waals surface area contributed by atoms with Crippen molar-refractivity contribution in [3.63, 3.8) is 0 Å². The van der Waals surface area contributed by atoms with Gasteiger partial charge in [0.15, 0.2) is 0 Å². The summed E-state index contributed by atoms with van der Waals surface area (Å²) in [6.07, 6.45) is 1.60. The maximum atomic E-state index is 11.2. The van der Waals surface area contributed by atoms with Crippen molar-refractivity contribution in [3.8, 4) is 0 Å². The number of rotatable bonds is 7. The highest BCUT2D eigenvalue weighted by Gasteiger charge is 2.16. The van der Waals surface area contributed by atoms with E-state index in [-0.39, 0.29) is 18.1 Å². The second kappa shape index (κ2) is 6.79. The lowest BCUT2D eigenvalue weighted by Gasteiger charge is -2.25. The van der Waals surface area contributed by atoms with Crippen LogP contribution in [-0.2, 0) is 4.79 Å². The molecule has 0 saturated carbocycles. The number of amides is 1. The Labute approximate surface area is 86.1 Å². The van der Waals surface area contributed by atoms with Crippen LogP contribution < -0.4 is 10.6 Å². The summed E-state index contributed by atoms with van der Waals surface area (Å²) in [5, 5.41) is 14.6. The van der Waals surface area contributed by atoms with Crippen LogP contribution in [0, 0.1) is 0 Å². The Balaban J connectivity index is 3.64. The van der Waals surface area contributed by atoms with Crippen LogP contribution in [0.4, 0.5) is 0 Å². The molecule has 0 aliphatic carbocycles. The van der Waals surface area contributed by atoms with E-state index in [9.17, 15) is 4.79 Å². The van der Waals surface area contributed by atoms with Crippen molar-refractivity contribution in [1.29, 1.82) is 0 Å². The van der Waals surface area contributed by atoms with Crippen molar-refractivity contribution >= 4 is 5.91 Å². The first-order valence-electron chi connectivity index (χ1n) is 5.14. The minimum Gasteiger partial charge on any atom is -0.396 e. The Morgan fingerprint density at radius 1 is 1.43 bits per heavy atom. The van der Waals surface area contributed by atoms with E-state index in [4.69, 9.17) is 5.11 Å². The molecule has 0 atom stereocenters. The smallest absolute Gasteiger partial charge is 0.233 e. The molecule has 4 nitrogen and oxygen atoms in total. The van der Waals surface area contributed by atoms with Crippen molar-refractivity contribution in [2.45, 2.75) is 39.2 Å². The average molecular weight is 202 g/mol. The Morgan fingerprint density at radius 2 is 2.07 bits per heavy atom. The molecule has 0 bridgehead atoms. The standard InChI is InChI=1S/C10H22N2O2/c1-4-6-11-9(14)8-12-10(2,3)5-7-13/h12-13H,4-8H2,1-3H3,(H,11,14). The van der Waals surface area contributed by atoms with Gasteiger partial charge in [0.1, 0.15) is 0 Å². The first-order valence-corrected chi connectivity index (χ1v) is 5.14. The van der Waals surface area contributed by atoms with Crippen LogP contribution in [0.2, 0.25) is 0 Å². The van der Waals surface area contributed by atoms with Crippen molar-refractivity contribution in [2.24, 2.45) is 0 Å². The Hall–Kier alpha value is -0.610. The number of aliphatic hydroxyl groups excluding tert-OH is 1. The van der Waals surface area contributed by atoms with Crippen LogP contribution in [0.15, 0.2) is 0 Å². The summed E-state index contributed by atoms with van der Waals surface area (Å²) in [7, 11) is 0. The van der Waals surface area contributed by atoms with Crippen LogP contribution in [0.25, 0.3) is 0 Å². The number of nitrogens with one attached hydrogen (secondary N) is 2.